The Labute approximate surface area is 152 Å². The van der Waals surface area contributed by atoms with Crippen molar-refractivity contribution in [3.05, 3.63) is 38.2 Å². The lowest BCUT2D eigenvalue weighted by atomic mass is 10.4. The Morgan fingerprint density at radius 2 is 1.91 bits per heavy atom. The Hall–Kier alpha value is -0.650. The van der Waals surface area contributed by atoms with Crippen molar-refractivity contribution >= 4 is 49.5 Å². The molecule has 0 N–H and O–H groups in total. The molecular weight excluding hydrogens is 420 g/mol. The normalized spacial score (nSPS) is 17.4. The van der Waals surface area contributed by atoms with Crippen LogP contribution in [0.15, 0.2) is 39.1 Å². The first-order valence-electron chi connectivity index (χ1n) is 6.96. The Kier molecular flexibility index (Phi) is 5.29. The molecule has 1 aromatic heterocycles. The van der Waals surface area contributed by atoms with Gasteiger partial charge in [0.2, 0.25) is 10.0 Å². The van der Waals surface area contributed by atoms with Crippen LogP contribution in [0, 0.1) is 3.95 Å². The highest BCUT2D eigenvalue weighted by atomic mass is 79.9. The summed E-state index contributed by atoms with van der Waals surface area (Å²) in [4.78, 5) is 2.47. The second-order valence-electron chi connectivity index (χ2n) is 5.10. The van der Waals surface area contributed by atoms with Gasteiger partial charge in [-0.05, 0) is 40.3 Å². The zero-order valence-electron chi connectivity index (χ0n) is 12.1. The average molecular weight is 435 g/mol. The van der Waals surface area contributed by atoms with Gasteiger partial charge in [-0.3, -0.25) is 4.90 Å². The number of hydrogen-bond donors (Lipinski definition) is 0. The molecule has 1 aliphatic heterocycles. The van der Waals surface area contributed by atoms with Gasteiger partial charge in [0.25, 0.3) is 0 Å². The van der Waals surface area contributed by atoms with E-state index in [0.717, 1.165) is 3.95 Å². The highest BCUT2D eigenvalue weighted by Crippen LogP contribution is 2.25. The second kappa shape index (κ2) is 7.08. The van der Waals surface area contributed by atoms with Crippen LogP contribution in [0.4, 0.5) is 0 Å². The van der Waals surface area contributed by atoms with E-state index in [0.29, 0.717) is 42.2 Å². The molecule has 10 heteroatoms. The first-order chi connectivity index (χ1) is 11.0. The Balaban J connectivity index is 1.68. The van der Waals surface area contributed by atoms with Gasteiger partial charge in [0.05, 0.1) is 11.6 Å². The van der Waals surface area contributed by atoms with Crippen LogP contribution in [-0.2, 0) is 16.7 Å². The first-order valence-corrected chi connectivity index (χ1v) is 10.5. The Morgan fingerprint density at radius 3 is 2.52 bits per heavy atom. The lowest BCUT2D eigenvalue weighted by molar-refractivity contribution is 0.145. The minimum Gasteiger partial charge on any atom is -0.282 e. The van der Waals surface area contributed by atoms with Crippen LogP contribution in [0.3, 0.4) is 0 Å². The second-order valence-corrected chi connectivity index (χ2v) is 9.34. The third-order valence-electron chi connectivity index (χ3n) is 3.67. The van der Waals surface area contributed by atoms with E-state index >= 15 is 0 Å². The summed E-state index contributed by atoms with van der Waals surface area (Å²) >= 11 is 9.94. The molecule has 6 nitrogen and oxygen atoms in total. The summed E-state index contributed by atoms with van der Waals surface area (Å²) in [6, 6.07) is 6.91. The molecule has 3 rings (SSSR count). The van der Waals surface area contributed by atoms with Gasteiger partial charge >= 0.3 is 0 Å². The zero-order valence-corrected chi connectivity index (χ0v) is 16.2. The van der Waals surface area contributed by atoms with Gasteiger partial charge in [0.1, 0.15) is 5.51 Å². The SMILES string of the molecule is O=S(=O)(c1ccccc1Br)N1CCN(Cn2ncsc2=S)CC1. The molecule has 0 spiro atoms. The Bertz CT molecular complexity index is 841. The Morgan fingerprint density at radius 1 is 1.22 bits per heavy atom. The van der Waals surface area contributed by atoms with E-state index in [4.69, 9.17) is 12.2 Å². The molecule has 0 bridgehead atoms. The minimum atomic E-state index is -3.47. The summed E-state index contributed by atoms with van der Waals surface area (Å²) < 4.78 is 30.1. The third-order valence-corrected chi connectivity index (χ3v) is 7.69. The van der Waals surface area contributed by atoms with Crippen molar-refractivity contribution in [1.82, 2.24) is 19.0 Å². The molecule has 0 radical (unpaired) electrons. The third kappa shape index (κ3) is 3.72. The number of aromatic nitrogens is 2. The predicted molar refractivity (Wildman–Crippen MR) is 95.4 cm³/mol. The number of hydrogen-bond acceptors (Lipinski definition) is 6. The molecule has 1 aromatic carbocycles. The molecule has 124 valence electrons. The zero-order chi connectivity index (χ0) is 16.4. The van der Waals surface area contributed by atoms with Crippen molar-refractivity contribution in [3.8, 4) is 0 Å². The summed E-state index contributed by atoms with van der Waals surface area (Å²) in [6.07, 6.45) is 0. The fourth-order valence-corrected chi connectivity index (χ4v) is 5.52. The van der Waals surface area contributed by atoms with Crippen molar-refractivity contribution in [2.24, 2.45) is 0 Å². The molecule has 23 heavy (non-hydrogen) atoms. The maximum atomic E-state index is 12.7. The van der Waals surface area contributed by atoms with E-state index in [1.54, 1.807) is 34.5 Å². The van der Waals surface area contributed by atoms with Crippen molar-refractivity contribution < 1.29 is 8.42 Å². The highest BCUT2D eigenvalue weighted by Gasteiger charge is 2.29. The quantitative estimate of drug-likeness (QED) is 0.691. The molecule has 2 heterocycles. The monoisotopic (exact) mass is 434 g/mol. The lowest BCUT2D eigenvalue weighted by Crippen LogP contribution is -2.49. The molecule has 2 aromatic rings. The minimum absolute atomic E-state index is 0.315. The van der Waals surface area contributed by atoms with E-state index in [2.05, 4.69) is 25.9 Å². The van der Waals surface area contributed by atoms with Crippen LogP contribution >= 0.6 is 39.5 Å². The van der Waals surface area contributed by atoms with Gasteiger partial charge in [-0.2, -0.15) is 9.40 Å². The maximum Gasteiger partial charge on any atom is 0.244 e. The largest absolute Gasteiger partial charge is 0.282 e. The van der Waals surface area contributed by atoms with Gasteiger partial charge in [0.15, 0.2) is 3.95 Å². The van der Waals surface area contributed by atoms with Crippen molar-refractivity contribution in [2.75, 3.05) is 26.2 Å². The lowest BCUT2D eigenvalue weighted by Gasteiger charge is -2.33. The van der Waals surface area contributed by atoms with Gasteiger partial charge in [-0.25, -0.2) is 13.1 Å². The number of sulfonamides is 1. The number of piperazine rings is 1. The van der Waals surface area contributed by atoms with Crippen molar-refractivity contribution in [2.45, 2.75) is 11.6 Å². The number of rotatable bonds is 4. The maximum absolute atomic E-state index is 12.7. The van der Waals surface area contributed by atoms with Gasteiger partial charge in [0, 0.05) is 30.7 Å². The smallest absolute Gasteiger partial charge is 0.244 e. The van der Waals surface area contributed by atoms with E-state index in [1.165, 1.54) is 15.6 Å². The van der Waals surface area contributed by atoms with Gasteiger partial charge in [-0.1, -0.05) is 23.5 Å². The van der Waals surface area contributed by atoms with Gasteiger partial charge < -0.3 is 0 Å². The van der Waals surface area contributed by atoms with Crippen LogP contribution in [0.1, 0.15) is 0 Å². The fraction of sp³-hybridized carbons (Fsp3) is 0.385. The van der Waals surface area contributed by atoms with E-state index in [-0.39, 0.29) is 0 Å². The summed E-state index contributed by atoms with van der Waals surface area (Å²) in [5.41, 5.74) is 1.72. The number of nitrogens with zero attached hydrogens (tertiary/aromatic N) is 4. The topological polar surface area (TPSA) is 58.4 Å². The summed E-state index contributed by atoms with van der Waals surface area (Å²) in [6.45, 7) is 2.83. The van der Waals surface area contributed by atoms with Crippen LogP contribution in [0.25, 0.3) is 0 Å². The fourth-order valence-electron chi connectivity index (χ4n) is 2.42. The van der Waals surface area contributed by atoms with Crippen LogP contribution in [0.5, 0.6) is 0 Å². The highest BCUT2D eigenvalue weighted by molar-refractivity contribution is 9.10. The molecule has 0 amide bonds. The van der Waals surface area contributed by atoms with E-state index in [1.807, 2.05) is 0 Å². The van der Waals surface area contributed by atoms with E-state index < -0.39 is 10.0 Å². The van der Waals surface area contributed by atoms with Crippen LogP contribution in [-0.4, -0.2) is 53.6 Å². The average Bonchev–Trinajstić information content (AvgIpc) is 2.93. The number of benzene rings is 1. The molecular formula is C13H15BrN4O2S3. The summed E-state index contributed by atoms with van der Waals surface area (Å²) in [7, 11) is -3.47. The van der Waals surface area contributed by atoms with Crippen molar-refractivity contribution in [3.63, 3.8) is 0 Å². The first kappa shape index (κ1) is 17.2. The standard InChI is InChI=1S/C13H15BrN4O2S3/c14-11-3-1-2-4-12(11)23(19,20)17-7-5-16(6-8-17)10-18-13(21)22-9-15-18/h1-4,9H,5-8,10H2. The van der Waals surface area contributed by atoms with E-state index in [9.17, 15) is 8.42 Å². The van der Waals surface area contributed by atoms with Crippen LogP contribution < -0.4 is 0 Å². The molecule has 0 atom stereocenters. The predicted octanol–water partition coefficient (Wildman–Crippen LogP) is 2.40. The summed E-state index contributed by atoms with van der Waals surface area (Å²) in [5.74, 6) is 0. The molecule has 1 aliphatic rings. The number of halogens is 1. The van der Waals surface area contributed by atoms with Crippen LogP contribution in [0.2, 0.25) is 0 Å². The molecule has 0 unspecified atom stereocenters. The summed E-state index contributed by atoms with van der Waals surface area (Å²) in [5, 5.41) is 4.19. The molecule has 1 saturated heterocycles. The van der Waals surface area contributed by atoms with Crippen molar-refractivity contribution in [1.29, 1.82) is 0 Å². The molecule has 0 saturated carbocycles. The van der Waals surface area contributed by atoms with Gasteiger partial charge in [-0.15, -0.1) is 0 Å². The molecule has 1 fully saturated rings. The molecule has 0 aliphatic carbocycles.